The van der Waals surface area contributed by atoms with E-state index in [9.17, 15) is 0 Å². The maximum Gasteiger partial charge on any atom is 0.0815 e. The molecule has 3 aliphatic rings. The maximum atomic E-state index is 4.89. The Balaban J connectivity index is 1.57. The Kier molecular flexibility index (Phi) is 6.07. The zero-order valence-corrected chi connectivity index (χ0v) is 15.6. The van der Waals surface area contributed by atoms with Gasteiger partial charge in [0, 0.05) is 37.6 Å². The van der Waals surface area contributed by atoms with Crippen molar-refractivity contribution < 1.29 is 0 Å². The van der Waals surface area contributed by atoms with Gasteiger partial charge in [-0.3, -0.25) is 9.98 Å². The molecule has 2 saturated carbocycles. The largest absolute Gasteiger partial charge is 0.311 e. The van der Waals surface area contributed by atoms with Crippen LogP contribution >= 0.6 is 0 Å². The Hall–Kier alpha value is -1.59. The zero-order chi connectivity index (χ0) is 17.6. The third-order valence-corrected chi connectivity index (χ3v) is 5.99. The molecule has 2 bridgehead atoms. The first-order valence-electron chi connectivity index (χ1n) is 10.4. The van der Waals surface area contributed by atoms with Crippen molar-refractivity contribution in [3.8, 4) is 0 Å². The number of pyridine rings is 1. The van der Waals surface area contributed by atoms with Crippen molar-refractivity contribution in [2.45, 2.75) is 75.5 Å². The lowest BCUT2D eigenvalue weighted by molar-refractivity contribution is 0.308. The highest BCUT2D eigenvalue weighted by Gasteiger charge is 2.25. The lowest BCUT2D eigenvalue weighted by Crippen LogP contribution is -2.47. The van der Waals surface area contributed by atoms with Crippen LogP contribution in [0.5, 0.6) is 0 Å². The highest BCUT2D eigenvalue weighted by molar-refractivity contribution is 5.81. The molecule has 1 aromatic heterocycles. The molecule has 0 aromatic carbocycles. The predicted octanol–water partition coefficient (Wildman–Crippen LogP) is 2.73. The summed E-state index contributed by atoms with van der Waals surface area (Å²) in [5.74, 6) is 0. The molecule has 140 valence electrons. The number of rotatable bonds is 0. The second-order valence-corrected chi connectivity index (χ2v) is 7.87. The molecule has 4 atom stereocenters. The van der Waals surface area contributed by atoms with Crippen LogP contribution in [0.1, 0.15) is 62.8 Å². The molecule has 2 aliphatic carbocycles. The van der Waals surface area contributed by atoms with Crippen LogP contribution in [0.3, 0.4) is 0 Å². The van der Waals surface area contributed by atoms with Crippen LogP contribution in [0.15, 0.2) is 28.2 Å². The third-order valence-electron chi connectivity index (χ3n) is 5.99. The summed E-state index contributed by atoms with van der Waals surface area (Å²) in [6.07, 6.45) is 13.9. The first-order chi connectivity index (χ1) is 12.9. The molecule has 1 aliphatic heterocycles. The lowest BCUT2D eigenvalue weighted by atomic mass is 9.90. The second-order valence-electron chi connectivity index (χ2n) is 7.87. The highest BCUT2D eigenvalue weighted by atomic mass is 15.0. The van der Waals surface area contributed by atoms with E-state index in [1.807, 2.05) is 24.6 Å². The molecule has 2 N–H and O–H groups in total. The van der Waals surface area contributed by atoms with Gasteiger partial charge in [-0.2, -0.15) is 0 Å². The van der Waals surface area contributed by atoms with E-state index < -0.39 is 0 Å². The molecule has 4 rings (SSSR count). The fourth-order valence-electron chi connectivity index (χ4n) is 4.53. The molecule has 0 radical (unpaired) electrons. The van der Waals surface area contributed by atoms with Crippen molar-refractivity contribution >= 4 is 12.4 Å². The van der Waals surface area contributed by atoms with Gasteiger partial charge in [0.05, 0.1) is 23.5 Å². The van der Waals surface area contributed by atoms with E-state index in [1.165, 1.54) is 51.4 Å². The predicted molar refractivity (Wildman–Crippen MR) is 108 cm³/mol. The minimum absolute atomic E-state index is 0.371. The Morgan fingerprint density at radius 1 is 0.692 bits per heavy atom. The molecule has 5 nitrogen and oxygen atoms in total. The number of nitrogens with zero attached hydrogens (tertiary/aromatic N) is 3. The van der Waals surface area contributed by atoms with Gasteiger partial charge in [-0.1, -0.05) is 31.7 Å². The molecule has 1 aromatic rings. The number of hydrogen-bond donors (Lipinski definition) is 2. The van der Waals surface area contributed by atoms with Crippen molar-refractivity contribution in [2.75, 3.05) is 13.1 Å². The lowest BCUT2D eigenvalue weighted by Gasteiger charge is -2.31. The fourth-order valence-corrected chi connectivity index (χ4v) is 4.53. The van der Waals surface area contributed by atoms with Crippen LogP contribution in [-0.2, 0) is 0 Å². The van der Waals surface area contributed by atoms with E-state index in [0.717, 1.165) is 24.5 Å². The number of nitrogens with one attached hydrogen (secondary N) is 2. The zero-order valence-electron chi connectivity index (χ0n) is 15.6. The first-order valence-corrected chi connectivity index (χ1v) is 10.4. The van der Waals surface area contributed by atoms with Crippen LogP contribution in [0.2, 0.25) is 0 Å². The van der Waals surface area contributed by atoms with Crippen molar-refractivity contribution in [3.05, 3.63) is 29.6 Å². The second kappa shape index (κ2) is 8.87. The van der Waals surface area contributed by atoms with Crippen molar-refractivity contribution in [1.29, 1.82) is 0 Å². The van der Waals surface area contributed by atoms with Gasteiger partial charge in [-0.15, -0.1) is 0 Å². The van der Waals surface area contributed by atoms with Gasteiger partial charge >= 0.3 is 0 Å². The summed E-state index contributed by atoms with van der Waals surface area (Å²) in [6.45, 7) is 2.02. The topological polar surface area (TPSA) is 61.7 Å². The van der Waals surface area contributed by atoms with Gasteiger partial charge < -0.3 is 10.6 Å². The van der Waals surface area contributed by atoms with Crippen molar-refractivity contribution in [2.24, 2.45) is 9.98 Å². The van der Waals surface area contributed by atoms with E-state index in [0.29, 0.717) is 24.2 Å². The smallest absolute Gasteiger partial charge is 0.0815 e. The van der Waals surface area contributed by atoms with E-state index in [1.54, 1.807) is 0 Å². The summed E-state index contributed by atoms with van der Waals surface area (Å²) < 4.78 is 0. The van der Waals surface area contributed by atoms with Crippen LogP contribution < -0.4 is 10.6 Å². The Labute approximate surface area is 156 Å². The van der Waals surface area contributed by atoms with Crippen LogP contribution in [0.25, 0.3) is 0 Å². The van der Waals surface area contributed by atoms with E-state index in [-0.39, 0.29) is 0 Å². The van der Waals surface area contributed by atoms with Gasteiger partial charge in [-0.05, 0) is 37.8 Å². The van der Waals surface area contributed by atoms with Gasteiger partial charge in [-0.25, -0.2) is 4.98 Å². The molecular formula is C21H31N5. The molecule has 5 heteroatoms. The monoisotopic (exact) mass is 353 g/mol. The van der Waals surface area contributed by atoms with Crippen LogP contribution in [0.4, 0.5) is 0 Å². The van der Waals surface area contributed by atoms with Crippen molar-refractivity contribution in [1.82, 2.24) is 15.6 Å². The first kappa shape index (κ1) is 17.8. The Morgan fingerprint density at radius 2 is 1.19 bits per heavy atom. The van der Waals surface area contributed by atoms with Crippen LogP contribution in [-0.4, -0.2) is 54.7 Å². The van der Waals surface area contributed by atoms with Crippen LogP contribution in [0, 0.1) is 0 Å². The highest BCUT2D eigenvalue weighted by Crippen LogP contribution is 2.22. The average Bonchev–Trinajstić information content (AvgIpc) is 2.69. The average molecular weight is 354 g/mol. The number of hydrogen-bond acceptors (Lipinski definition) is 5. The quantitative estimate of drug-likeness (QED) is 0.754. The summed E-state index contributed by atoms with van der Waals surface area (Å²) in [5, 5.41) is 7.52. The Bertz CT molecular complexity index is 590. The minimum atomic E-state index is 0.371. The summed E-state index contributed by atoms with van der Waals surface area (Å²) in [6, 6.07) is 7.86. The van der Waals surface area contributed by atoms with Gasteiger partial charge in [0.2, 0.25) is 0 Å². The van der Waals surface area contributed by atoms with Crippen molar-refractivity contribution in [3.63, 3.8) is 0 Å². The molecule has 26 heavy (non-hydrogen) atoms. The SMILES string of the molecule is C1=N[C@@H]2CCCCC2NCCNC2CCCC[C@H]2N=Cc2cccc1n2. The summed E-state index contributed by atoms with van der Waals surface area (Å²) in [5.41, 5.74) is 1.87. The summed E-state index contributed by atoms with van der Waals surface area (Å²) in [4.78, 5) is 14.5. The standard InChI is InChI=1S/C21H31N5/c1-3-10-20-18(8-1)22-12-13-23-19-9-2-4-11-21(19)25-15-17-7-5-6-16(26-17)14-24-20/h5-7,14-15,18-23H,1-4,8-13H2/t18?,19?,20-,21-/m1/s1. The summed E-state index contributed by atoms with van der Waals surface area (Å²) >= 11 is 0. The summed E-state index contributed by atoms with van der Waals surface area (Å²) in [7, 11) is 0. The maximum absolute atomic E-state index is 4.89. The van der Waals surface area contributed by atoms with E-state index >= 15 is 0 Å². The third kappa shape index (κ3) is 4.57. The fraction of sp³-hybridized carbons (Fsp3) is 0.667. The van der Waals surface area contributed by atoms with E-state index in [4.69, 9.17) is 15.0 Å². The number of aliphatic imine (C=N–C) groups is 2. The molecule has 2 fully saturated rings. The Morgan fingerprint density at radius 3 is 1.73 bits per heavy atom. The van der Waals surface area contributed by atoms with E-state index in [2.05, 4.69) is 16.7 Å². The minimum Gasteiger partial charge on any atom is -0.311 e. The van der Waals surface area contributed by atoms with Gasteiger partial charge in [0.1, 0.15) is 0 Å². The van der Waals surface area contributed by atoms with Gasteiger partial charge in [0.25, 0.3) is 0 Å². The molecule has 0 saturated heterocycles. The molecule has 0 amide bonds. The molecule has 2 unspecified atom stereocenters. The number of fused-ring (bicyclic) bond motifs is 4. The molecule has 0 spiro atoms. The molecule has 2 heterocycles. The molecular weight excluding hydrogens is 322 g/mol. The number of aromatic nitrogens is 1. The van der Waals surface area contributed by atoms with Gasteiger partial charge in [0.15, 0.2) is 0 Å². The normalized spacial score (nSPS) is 32.8.